The van der Waals surface area contributed by atoms with E-state index in [1.807, 2.05) is 24.3 Å². The Balaban J connectivity index is 2.01. The fourth-order valence-corrected chi connectivity index (χ4v) is 2.31. The Morgan fingerprint density at radius 2 is 1.95 bits per heavy atom. The Kier molecular flexibility index (Phi) is 3.89. The first-order chi connectivity index (χ1) is 10.6. The first kappa shape index (κ1) is 14.3. The highest BCUT2D eigenvalue weighted by Gasteiger charge is 2.10. The first-order valence-electron chi connectivity index (χ1n) is 6.68. The van der Waals surface area contributed by atoms with Gasteiger partial charge in [-0.3, -0.25) is 4.79 Å². The largest absolute Gasteiger partial charge is 0.398 e. The molecule has 5 nitrogen and oxygen atoms in total. The second-order valence-corrected chi connectivity index (χ2v) is 5.26. The Morgan fingerprint density at radius 1 is 1.14 bits per heavy atom. The molecule has 0 saturated carbocycles. The van der Waals surface area contributed by atoms with Gasteiger partial charge >= 0.3 is 0 Å². The van der Waals surface area contributed by atoms with E-state index in [-0.39, 0.29) is 5.56 Å². The summed E-state index contributed by atoms with van der Waals surface area (Å²) in [5.41, 5.74) is 8.18. The van der Waals surface area contributed by atoms with Crippen molar-refractivity contribution in [3.8, 4) is 11.4 Å². The van der Waals surface area contributed by atoms with Crippen molar-refractivity contribution >= 4 is 17.3 Å². The number of hydrogen-bond acceptors (Lipinski definition) is 4. The van der Waals surface area contributed by atoms with Gasteiger partial charge in [0.2, 0.25) is 0 Å². The summed E-state index contributed by atoms with van der Waals surface area (Å²) in [4.78, 5) is 16.3. The third kappa shape index (κ3) is 2.99. The third-order valence-corrected chi connectivity index (χ3v) is 3.50. The number of nitrogens with zero attached hydrogens (tertiary/aromatic N) is 2. The monoisotopic (exact) mass is 312 g/mol. The lowest BCUT2D eigenvalue weighted by molar-refractivity contribution is 0.884. The Bertz CT molecular complexity index is 876. The van der Waals surface area contributed by atoms with Crippen molar-refractivity contribution in [1.82, 2.24) is 15.2 Å². The lowest BCUT2D eigenvalue weighted by Crippen LogP contribution is -2.18. The summed E-state index contributed by atoms with van der Waals surface area (Å²) in [6, 6.07) is 14.5. The van der Waals surface area contributed by atoms with Gasteiger partial charge in [0, 0.05) is 22.7 Å². The number of H-pyrrole nitrogens is 1. The van der Waals surface area contributed by atoms with Crippen LogP contribution in [0.3, 0.4) is 0 Å². The molecule has 0 fully saturated rings. The third-order valence-electron chi connectivity index (χ3n) is 3.26. The van der Waals surface area contributed by atoms with E-state index in [9.17, 15) is 4.79 Å². The molecule has 3 N–H and O–H groups in total. The van der Waals surface area contributed by atoms with Gasteiger partial charge in [0.15, 0.2) is 5.82 Å². The van der Waals surface area contributed by atoms with E-state index in [0.29, 0.717) is 28.6 Å². The minimum atomic E-state index is -0.325. The first-order valence-corrected chi connectivity index (χ1v) is 7.06. The van der Waals surface area contributed by atoms with Crippen LogP contribution >= 0.6 is 11.6 Å². The second kappa shape index (κ2) is 5.99. The SMILES string of the molecule is Nc1ccccc1Cc1nc(-c2cccc(Cl)c2)n[nH]c1=O. The quantitative estimate of drug-likeness (QED) is 0.728. The summed E-state index contributed by atoms with van der Waals surface area (Å²) >= 11 is 5.97. The second-order valence-electron chi connectivity index (χ2n) is 4.82. The normalized spacial score (nSPS) is 10.6. The minimum absolute atomic E-state index is 0.325. The molecule has 22 heavy (non-hydrogen) atoms. The van der Waals surface area contributed by atoms with Gasteiger partial charge in [-0.2, -0.15) is 5.10 Å². The molecule has 0 spiro atoms. The van der Waals surface area contributed by atoms with E-state index in [1.165, 1.54) is 0 Å². The molecule has 3 aromatic rings. The van der Waals surface area contributed by atoms with Crippen LogP contribution in [0.1, 0.15) is 11.3 Å². The van der Waals surface area contributed by atoms with E-state index in [2.05, 4.69) is 15.2 Å². The van der Waals surface area contributed by atoms with Crippen molar-refractivity contribution in [3.05, 3.63) is 75.2 Å². The standard InChI is InChI=1S/C16H13ClN4O/c17-12-6-3-5-11(8-12)15-19-14(16(22)21-20-15)9-10-4-1-2-7-13(10)18/h1-8H,9,18H2,(H,21,22). The lowest BCUT2D eigenvalue weighted by atomic mass is 10.1. The fourth-order valence-electron chi connectivity index (χ4n) is 2.12. The van der Waals surface area contributed by atoms with Crippen LogP contribution in [0.25, 0.3) is 11.4 Å². The van der Waals surface area contributed by atoms with Crippen molar-refractivity contribution < 1.29 is 0 Å². The molecule has 110 valence electrons. The Morgan fingerprint density at radius 3 is 2.73 bits per heavy atom. The number of anilines is 1. The van der Waals surface area contributed by atoms with Crippen LogP contribution in [0, 0.1) is 0 Å². The van der Waals surface area contributed by atoms with Crippen molar-refractivity contribution in [2.24, 2.45) is 0 Å². The summed E-state index contributed by atoms with van der Waals surface area (Å²) in [5, 5.41) is 7.03. The minimum Gasteiger partial charge on any atom is -0.398 e. The molecule has 0 bridgehead atoms. The van der Waals surface area contributed by atoms with Gasteiger partial charge in [0.1, 0.15) is 5.69 Å². The summed E-state index contributed by atoms with van der Waals surface area (Å²) in [5.74, 6) is 0.423. The van der Waals surface area contributed by atoms with Crippen LogP contribution < -0.4 is 11.3 Å². The number of nitrogens with two attached hydrogens (primary N) is 1. The maximum atomic E-state index is 11.9. The summed E-state index contributed by atoms with van der Waals surface area (Å²) in [7, 11) is 0. The molecule has 0 aliphatic heterocycles. The number of aromatic amines is 1. The molecule has 0 radical (unpaired) electrons. The fraction of sp³-hybridized carbons (Fsp3) is 0.0625. The average molecular weight is 313 g/mol. The molecular weight excluding hydrogens is 300 g/mol. The maximum Gasteiger partial charge on any atom is 0.286 e. The highest BCUT2D eigenvalue weighted by molar-refractivity contribution is 6.30. The van der Waals surface area contributed by atoms with Gasteiger partial charge < -0.3 is 5.73 Å². The van der Waals surface area contributed by atoms with Crippen molar-refractivity contribution in [1.29, 1.82) is 0 Å². The van der Waals surface area contributed by atoms with Gasteiger partial charge in [0.05, 0.1) is 0 Å². The summed E-state index contributed by atoms with van der Waals surface area (Å²) in [6.45, 7) is 0. The number of nitrogens with one attached hydrogen (secondary N) is 1. The van der Waals surface area contributed by atoms with Crippen molar-refractivity contribution in [3.63, 3.8) is 0 Å². The molecule has 0 amide bonds. The molecule has 6 heteroatoms. The van der Waals surface area contributed by atoms with Gasteiger partial charge in [-0.15, -0.1) is 0 Å². The predicted octanol–water partition coefficient (Wildman–Crippen LogP) is 2.66. The van der Waals surface area contributed by atoms with E-state index in [0.717, 1.165) is 11.1 Å². The number of nitrogen functional groups attached to an aromatic ring is 1. The molecule has 1 aromatic heterocycles. The van der Waals surface area contributed by atoms with Gasteiger partial charge in [0.25, 0.3) is 5.56 Å². The Hall–Kier alpha value is -2.66. The lowest BCUT2D eigenvalue weighted by Gasteiger charge is -2.06. The maximum absolute atomic E-state index is 11.9. The molecule has 3 rings (SSSR count). The number of hydrogen-bond donors (Lipinski definition) is 2. The van der Waals surface area contributed by atoms with E-state index < -0.39 is 0 Å². The van der Waals surface area contributed by atoms with Crippen LogP contribution in [0.2, 0.25) is 5.02 Å². The molecule has 2 aromatic carbocycles. The van der Waals surface area contributed by atoms with E-state index >= 15 is 0 Å². The molecule has 0 unspecified atom stereocenters. The zero-order chi connectivity index (χ0) is 15.5. The molecule has 0 saturated heterocycles. The predicted molar refractivity (Wildman–Crippen MR) is 86.8 cm³/mol. The van der Waals surface area contributed by atoms with Crippen LogP contribution in [0.5, 0.6) is 0 Å². The van der Waals surface area contributed by atoms with E-state index in [4.69, 9.17) is 17.3 Å². The summed E-state index contributed by atoms with van der Waals surface area (Å²) in [6.07, 6.45) is 0.345. The topological polar surface area (TPSA) is 84.7 Å². The Labute approximate surface area is 131 Å². The average Bonchev–Trinajstić information content (AvgIpc) is 2.51. The zero-order valence-electron chi connectivity index (χ0n) is 11.6. The number of rotatable bonds is 3. The van der Waals surface area contributed by atoms with Crippen molar-refractivity contribution in [2.75, 3.05) is 5.73 Å². The van der Waals surface area contributed by atoms with Gasteiger partial charge in [-0.25, -0.2) is 10.1 Å². The molecule has 0 aliphatic carbocycles. The number of benzene rings is 2. The number of para-hydroxylation sites is 1. The molecule has 1 heterocycles. The van der Waals surface area contributed by atoms with Gasteiger partial charge in [-0.05, 0) is 23.8 Å². The van der Waals surface area contributed by atoms with Crippen molar-refractivity contribution in [2.45, 2.75) is 6.42 Å². The van der Waals surface area contributed by atoms with E-state index in [1.54, 1.807) is 24.3 Å². The van der Waals surface area contributed by atoms with Crippen LogP contribution in [-0.2, 0) is 6.42 Å². The smallest absolute Gasteiger partial charge is 0.286 e. The number of halogens is 1. The molecule has 0 aliphatic rings. The summed E-state index contributed by atoms with van der Waals surface area (Å²) < 4.78 is 0. The highest BCUT2D eigenvalue weighted by atomic mass is 35.5. The van der Waals surface area contributed by atoms with Crippen LogP contribution in [0.15, 0.2) is 53.3 Å². The molecule has 0 atom stereocenters. The van der Waals surface area contributed by atoms with Crippen LogP contribution in [-0.4, -0.2) is 15.2 Å². The van der Waals surface area contributed by atoms with Gasteiger partial charge in [-0.1, -0.05) is 41.9 Å². The van der Waals surface area contributed by atoms with Crippen LogP contribution in [0.4, 0.5) is 5.69 Å². The number of aromatic nitrogens is 3. The molecular formula is C16H13ClN4O. The highest BCUT2D eigenvalue weighted by Crippen LogP contribution is 2.19. The zero-order valence-corrected chi connectivity index (χ0v) is 12.3.